The van der Waals surface area contributed by atoms with Crippen molar-refractivity contribution in [2.24, 2.45) is 5.73 Å². The lowest BCUT2D eigenvalue weighted by Gasteiger charge is -2.09. The van der Waals surface area contributed by atoms with E-state index in [1.807, 2.05) is 14.1 Å². The molecule has 0 saturated heterocycles. The number of rotatable bonds is 1. The van der Waals surface area contributed by atoms with Crippen molar-refractivity contribution in [1.29, 1.82) is 5.41 Å². The Labute approximate surface area is 55.7 Å². The van der Waals surface area contributed by atoms with Crippen LogP contribution < -0.4 is 5.73 Å². The van der Waals surface area contributed by atoms with Gasteiger partial charge in [-0.3, -0.25) is 5.41 Å². The Morgan fingerprint density at radius 1 is 1.56 bits per heavy atom. The van der Waals surface area contributed by atoms with Gasteiger partial charge in [-0.25, -0.2) is 0 Å². The maximum absolute atomic E-state index is 7.24. The third kappa shape index (κ3) is 3.58. The summed E-state index contributed by atoms with van der Waals surface area (Å²) in [6.45, 7) is 1.76. The summed E-state index contributed by atoms with van der Waals surface area (Å²) in [6, 6.07) is 0. The maximum atomic E-state index is 7.24. The van der Waals surface area contributed by atoms with Crippen LogP contribution in [0.3, 0.4) is 0 Å². The Morgan fingerprint density at radius 3 is 2.11 bits per heavy atom. The first-order valence-electron chi connectivity index (χ1n) is 2.73. The van der Waals surface area contributed by atoms with Crippen LogP contribution >= 0.6 is 0 Å². The molecule has 0 aliphatic heterocycles. The first-order valence-corrected chi connectivity index (χ1v) is 2.73. The summed E-state index contributed by atoms with van der Waals surface area (Å²) < 4.78 is 0. The summed E-state index contributed by atoms with van der Waals surface area (Å²) >= 11 is 0. The van der Waals surface area contributed by atoms with Gasteiger partial charge in [0.15, 0.2) is 0 Å². The van der Waals surface area contributed by atoms with Gasteiger partial charge in [-0.15, -0.1) is 0 Å². The number of nitrogens with one attached hydrogen (secondary N) is 1. The predicted molar refractivity (Wildman–Crippen MR) is 39.4 cm³/mol. The van der Waals surface area contributed by atoms with Crippen LogP contribution in [0.15, 0.2) is 11.8 Å². The van der Waals surface area contributed by atoms with Gasteiger partial charge in [-0.05, 0) is 13.0 Å². The Hall–Kier alpha value is -0.990. The van der Waals surface area contributed by atoms with Crippen molar-refractivity contribution in [2.45, 2.75) is 6.92 Å². The minimum atomic E-state index is 0.426. The molecule has 0 bridgehead atoms. The smallest absolute Gasteiger partial charge is 0.121 e. The summed E-state index contributed by atoms with van der Waals surface area (Å²) in [7, 11) is 3.61. The molecule has 52 valence electrons. The standard InChI is InChI=1S/C6H13N3/c1-5(7)4-6(8)9(2)3/h4,8H,7H2,1-3H3. The molecule has 3 nitrogen and oxygen atoms in total. The highest BCUT2D eigenvalue weighted by Gasteiger charge is 1.91. The molecule has 0 unspecified atom stereocenters. The minimum Gasteiger partial charge on any atom is -0.402 e. The molecule has 9 heavy (non-hydrogen) atoms. The van der Waals surface area contributed by atoms with Gasteiger partial charge >= 0.3 is 0 Å². The molecule has 3 heteroatoms. The van der Waals surface area contributed by atoms with E-state index in [0.29, 0.717) is 11.5 Å². The Bertz CT molecular complexity index is 131. The Kier molecular flexibility index (Phi) is 2.78. The quantitative estimate of drug-likeness (QED) is 0.395. The third-order valence-corrected chi connectivity index (χ3v) is 0.846. The topological polar surface area (TPSA) is 53.1 Å². The lowest BCUT2D eigenvalue weighted by atomic mass is 10.4. The summed E-state index contributed by atoms with van der Waals surface area (Å²) in [5, 5.41) is 7.24. The molecule has 0 radical (unpaired) electrons. The molecule has 0 aliphatic carbocycles. The highest BCUT2D eigenvalue weighted by atomic mass is 15.1. The van der Waals surface area contributed by atoms with E-state index in [1.54, 1.807) is 17.9 Å². The first kappa shape index (κ1) is 8.01. The molecule has 0 aromatic carbocycles. The average molecular weight is 127 g/mol. The molecule has 0 heterocycles. The van der Waals surface area contributed by atoms with Crippen molar-refractivity contribution in [1.82, 2.24) is 4.90 Å². The number of hydrogen-bond acceptors (Lipinski definition) is 2. The molecule has 0 aromatic heterocycles. The lowest BCUT2D eigenvalue weighted by molar-refractivity contribution is 0.621. The monoisotopic (exact) mass is 127 g/mol. The summed E-state index contributed by atoms with van der Waals surface area (Å²) in [5.41, 5.74) is 5.99. The van der Waals surface area contributed by atoms with Crippen LogP contribution in [-0.2, 0) is 0 Å². The fraction of sp³-hybridized carbons (Fsp3) is 0.500. The average Bonchev–Trinajstić information content (AvgIpc) is 1.63. The number of hydrogen-bond donors (Lipinski definition) is 2. The lowest BCUT2D eigenvalue weighted by Crippen LogP contribution is -2.19. The second-order valence-corrected chi connectivity index (χ2v) is 2.17. The highest BCUT2D eigenvalue weighted by molar-refractivity contribution is 5.90. The van der Waals surface area contributed by atoms with E-state index < -0.39 is 0 Å². The van der Waals surface area contributed by atoms with Crippen molar-refractivity contribution in [3.8, 4) is 0 Å². The van der Waals surface area contributed by atoms with Gasteiger partial charge in [-0.2, -0.15) is 0 Å². The van der Waals surface area contributed by atoms with E-state index >= 15 is 0 Å². The van der Waals surface area contributed by atoms with Gasteiger partial charge < -0.3 is 10.6 Å². The van der Waals surface area contributed by atoms with E-state index in [-0.39, 0.29) is 0 Å². The molecule has 0 aromatic rings. The maximum Gasteiger partial charge on any atom is 0.121 e. The van der Waals surface area contributed by atoms with E-state index in [2.05, 4.69) is 0 Å². The largest absolute Gasteiger partial charge is 0.402 e. The molecule has 3 N–H and O–H groups in total. The summed E-state index contributed by atoms with van der Waals surface area (Å²) in [6.07, 6.45) is 1.61. The molecule has 0 rings (SSSR count). The van der Waals surface area contributed by atoms with Gasteiger partial charge in [0.25, 0.3) is 0 Å². The molecule has 0 amide bonds. The van der Waals surface area contributed by atoms with Crippen LogP contribution in [0.1, 0.15) is 6.92 Å². The molecule has 0 aliphatic rings. The molecular formula is C6H13N3. The second kappa shape index (κ2) is 3.12. The summed E-state index contributed by atoms with van der Waals surface area (Å²) in [4.78, 5) is 1.69. The zero-order chi connectivity index (χ0) is 7.44. The van der Waals surface area contributed by atoms with E-state index in [1.165, 1.54) is 0 Å². The van der Waals surface area contributed by atoms with Crippen molar-refractivity contribution in [3.63, 3.8) is 0 Å². The van der Waals surface area contributed by atoms with Gasteiger partial charge in [0.05, 0.1) is 0 Å². The van der Waals surface area contributed by atoms with Gasteiger partial charge in [0.1, 0.15) is 5.84 Å². The van der Waals surface area contributed by atoms with Gasteiger partial charge in [0.2, 0.25) is 0 Å². The number of likely N-dealkylation sites (N-methyl/N-ethyl adjacent to an activating group) is 1. The van der Waals surface area contributed by atoms with Crippen LogP contribution in [0.2, 0.25) is 0 Å². The van der Waals surface area contributed by atoms with Crippen LogP contribution in [0, 0.1) is 5.41 Å². The summed E-state index contributed by atoms with van der Waals surface area (Å²) in [5.74, 6) is 0.426. The van der Waals surface area contributed by atoms with Crippen molar-refractivity contribution in [2.75, 3.05) is 14.1 Å². The van der Waals surface area contributed by atoms with E-state index in [9.17, 15) is 0 Å². The van der Waals surface area contributed by atoms with Crippen LogP contribution in [0.4, 0.5) is 0 Å². The zero-order valence-corrected chi connectivity index (χ0v) is 6.10. The minimum absolute atomic E-state index is 0.426. The Balaban J connectivity index is 3.93. The van der Waals surface area contributed by atoms with E-state index in [4.69, 9.17) is 11.1 Å². The van der Waals surface area contributed by atoms with Crippen LogP contribution in [0.25, 0.3) is 0 Å². The van der Waals surface area contributed by atoms with Crippen LogP contribution in [-0.4, -0.2) is 24.8 Å². The number of nitrogens with zero attached hydrogens (tertiary/aromatic N) is 1. The Morgan fingerprint density at radius 2 is 2.00 bits per heavy atom. The fourth-order valence-electron chi connectivity index (χ4n) is 0.345. The third-order valence-electron chi connectivity index (χ3n) is 0.846. The van der Waals surface area contributed by atoms with Crippen molar-refractivity contribution in [3.05, 3.63) is 11.8 Å². The van der Waals surface area contributed by atoms with Gasteiger partial charge in [0, 0.05) is 19.8 Å². The molecule has 0 spiro atoms. The number of allylic oxidation sites excluding steroid dienone is 1. The number of nitrogens with two attached hydrogens (primary N) is 1. The fourth-order valence-corrected chi connectivity index (χ4v) is 0.345. The number of amidine groups is 1. The SMILES string of the molecule is CC(N)=CC(=N)N(C)C. The molecular weight excluding hydrogens is 114 g/mol. The molecule has 0 fully saturated rings. The van der Waals surface area contributed by atoms with Crippen molar-refractivity contribution >= 4 is 5.84 Å². The second-order valence-electron chi connectivity index (χ2n) is 2.17. The normalized spacial score (nSPS) is 11.2. The van der Waals surface area contributed by atoms with Crippen molar-refractivity contribution < 1.29 is 0 Å². The molecule has 0 saturated carbocycles. The van der Waals surface area contributed by atoms with E-state index in [0.717, 1.165) is 0 Å². The predicted octanol–water partition coefficient (Wildman–Crippen LogP) is 0.388. The zero-order valence-electron chi connectivity index (χ0n) is 6.10. The first-order chi connectivity index (χ1) is 4.04. The molecule has 0 atom stereocenters. The van der Waals surface area contributed by atoms with Gasteiger partial charge in [-0.1, -0.05) is 0 Å². The highest BCUT2D eigenvalue weighted by Crippen LogP contribution is 1.84. The van der Waals surface area contributed by atoms with Crippen LogP contribution in [0.5, 0.6) is 0 Å².